The number of anilines is 1. The van der Waals surface area contributed by atoms with Gasteiger partial charge >= 0.3 is 0 Å². The molecule has 1 N–H and O–H groups in total. The number of ether oxygens (including phenoxy) is 1. The van der Waals surface area contributed by atoms with Crippen molar-refractivity contribution in [1.82, 2.24) is 9.55 Å². The van der Waals surface area contributed by atoms with Gasteiger partial charge in [-0.15, -0.1) is 0 Å². The second-order valence-corrected chi connectivity index (χ2v) is 5.23. The van der Waals surface area contributed by atoms with E-state index in [1.165, 1.54) is 11.1 Å². The van der Waals surface area contributed by atoms with Gasteiger partial charge < -0.3 is 10.1 Å². The molecule has 1 aromatic carbocycles. The van der Waals surface area contributed by atoms with Crippen molar-refractivity contribution < 1.29 is 4.74 Å². The summed E-state index contributed by atoms with van der Waals surface area (Å²) < 4.78 is 8.24. The van der Waals surface area contributed by atoms with Crippen molar-refractivity contribution in [3.63, 3.8) is 0 Å². The van der Waals surface area contributed by atoms with Gasteiger partial charge in [0.15, 0.2) is 0 Å². The molecule has 0 aliphatic rings. The van der Waals surface area contributed by atoms with E-state index in [9.17, 15) is 0 Å². The molecule has 5 heteroatoms. The number of nitrogens with one attached hydrogen (secondary N) is 1. The number of methoxy groups -OCH3 is 1. The van der Waals surface area contributed by atoms with Crippen LogP contribution in [0.25, 0.3) is 5.69 Å². The number of nitrogens with zero attached hydrogens (tertiary/aromatic N) is 2. The average Bonchev–Trinajstić information content (AvgIpc) is 2.84. The van der Waals surface area contributed by atoms with Crippen molar-refractivity contribution in [2.45, 2.75) is 13.8 Å². The first-order valence-corrected chi connectivity index (χ1v) is 6.96. The molecular formula is C14H18BrN3O. The summed E-state index contributed by atoms with van der Waals surface area (Å²) in [4.78, 5) is 4.33. The molecule has 2 rings (SSSR count). The van der Waals surface area contributed by atoms with E-state index in [1.54, 1.807) is 13.3 Å². The maximum Gasteiger partial charge on any atom is 0.207 e. The fourth-order valence-corrected chi connectivity index (χ4v) is 2.20. The van der Waals surface area contributed by atoms with Crippen molar-refractivity contribution in [1.29, 1.82) is 0 Å². The zero-order chi connectivity index (χ0) is 13.8. The summed E-state index contributed by atoms with van der Waals surface area (Å²) in [6.07, 6.45) is 3.75. The Hall–Kier alpha value is -1.33. The fourth-order valence-electron chi connectivity index (χ4n) is 1.97. The molecule has 0 amide bonds. The number of aromatic nitrogens is 2. The lowest BCUT2D eigenvalue weighted by Gasteiger charge is -2.12. The Balaban J connectivity index is 2.29. The van der Waals surface area contributed by atoms with Crippen molar-refractivity contribution in [3.8, 4) is 5.69 Å². The molecule has 0 atom stereocenters. The first kappa shape index (κ1) is 14.1. The second kappa shape index (κ2) is 6.21. The maximum absolute atomic E-state index is 5.03. The van der Waals surface area contributed by atoms with Crippen LogP contribution in [0.5, 0.6) is 0 Å². The van der Waals surface area contributed by atoms with Crippen molar-refractivity contribution in [2.24, 2.45) is 0 Å². The molecule has 0 fully saturated rings. The first-order chi connectivity index (χ1) is 9.13. The average molecular weight is 324 g/mol. The number of rotatable bonds is 5. The van der Waals surface area contributed by atoms with Crippen LogP contribution in [0, 0.1) is 13.8 Å². The normalized spacial score (nSPS) is 10.7. The van der Waals surface area contributed by atoms with E-state index in [-0.39, 0.29) is 0 Å². The molecular weight excluding hydrogens is 306 g/mol. The van der Waals surface area contributed by atoms with Crippen LogP contribution in [-0.4, -0.2) is 29.8 Å². The van der Waals surface area contributed by atoms with Gasteiger partial charge in [0.05, 0.1) is 6.61 Å². The summed E-state index contributed by atoms with van der Waals surface area (Å²) in [5.74, 6) is 0.832. The number of hydrogen-bond donors (Lipinski definition) is 1. The van der Waals surface area contributed by atoms with Crippen molar-refractivity contribution in [2.75, 3.05) is 25.6 Å². The molecule has 1 aromatic heterocycles. The van der Waals surface area contributed by atoms with Gasteiger partial charge in [-0.2, -0.15) is 0 Å². The number of benzene rings is 1. The maximum atomic E-state index is 5.03. The van der Waals surface area contributed by atoms with Crippen LogP contribution in [0.4, 0.5) is 5.95 Å². The minimum Gasteiger partial charge on any atom is -0.383 e. The van der Waals surface area contributed by atoms with Gasteiger partial charge in [0.2, 0.25) is 5.95 Å². The highest BCUT2D eigenvalue weighted by Gasteiger charge is 2.07. The Morgan fingerprint density at radius 3 is 2.63 bits per heavy atom. The highest BCUT2D eigenvalue weighted by atomic mass is 79.9. The van der Waals surface area contributed by atoms with Gasteiger partial charge in [-0.25, -0.2) is 4.98 Å². The summed E-state index contributed by atoms with van der Waals surface area (Å²) in [6.45, 7) is 5.58. The quantitative estimate of drug-likeness (QED) is 0.858. The molecule has 0 radical (unpaired) electrons. The van der Waals surface area contributed by atoms with Crippen LogP contribution < -0.4 is 5.32 Å². The van der Waals surface area contributed by atoms with Gasteiger partial charge in [-0.05, 0) is 37.1 Å². The van der Waals surface area contributed by atoms with Gasteiger partial charge in [0.1, 0.15) is 0 Å². The number of halogens is 1. The Kier molecular flexibility index (Phi) is 4.61. The summed E-state index contributed by atoms with van der Waals surface area (Å²) in [6, 6.07) is 4.28. The Morgan fingerprint density at radius 1 is 1.32 bits per heavy atom. The summed E-state index contributed by atoms with van der Waals surface area (Å²) >= 11 is 3.59. The van der Waals surface area contributed by atoms with E-state index in [0.717, 1.165) is 22.7 Å². The lowest BCUT2D eigenvalue weighted by molar-refractivity contribution is 0.210. The molecule has 19 heavy (non-hydrogen) atoms. The van der Waals surface area contributed by atoms with Crippen LogP contribution in [0.1, 0.15) is 11.1 Å². The van der Waals surface area contributed by atoms with Gasteiger partial charge in [-0.3, -0.25) is 4.57 Å². The lowest BCUT2D eigenvalue weighted by Crippen LogP contribution is -2.11. The van der Waals surface area contributed by atoms with Crippen LogP contribution >= 0.6 is 15.9 Å². The Labute approximate surface area is 121 Å². The molecule has 0 spiro atoms. The summed E-state index contributed by atoms with van der Waals surface area (Å²) in [5.41, 5.74) is 3.54. The SMILES string of the molecule is COCCNc1nccn1-c1cc(C)c(Br)c(C)c1. The van der Waals surface area contributed by atoms with E-state index in [0.29, 0.717) is 6.61 Å². The standard InChI is InChI=1S/C14H18BrN3O/c1-10-8-12(9-11(2)13(10)15)18-6-4-16-14(18)17-5-7-19-3/h4,6,8-9H,5,7H2,1-3H3,(H,16,17). The fraction of sp³-hybridized carbons (Fsp3) is 0.357. The van der Waals surface area contributed by atoms with Gasteiger partial charge in [0, 0.05) is 36.2 Å². The third-order valence-electron chi connectivity index (χ3n) is 2.93. The van der Waals surface area contributed by atoms with Crippen LogP contribution in [0.2, 0.25) is 0 Å². The molecule has 1 heterocycles. The topological polar surface area (TPSA) is 39.1 Å². The predicted molar refractivity (Wildman–Crippen MR) is 81.1 cm³/mol. The minimum atomic E-state index is 0.658. The minimum absolute atomic E-state index is 0.658. The molecule has 0 unspecified atom stereocenters. The van der Waals surface area contributed by atoms with E-state index in [2.05, 4.69) is 52.2 Å². The van der Waals surface area contributed by atoms with E-state index >= 15 is 0 Å². The monoisotopic (exact) mass is 323 g/mol. The van der Waals surface area contributed by atoms with Crippen molar-refractivity contribution in [3.05, 3.63) is 40.1 Å². The zero-order valence-corrected chi connectivity index (χ0v) is 13.0. The predicted octanol–water partition coefficient (Wildman–Crippen LogP) is 3.31. The molecule has 0 saturated carbocycles. The Morgan fingerprint density at radius 2 is 2.00 bits per heavy atom. The van der Waals surface area contributed by atoms with Crippen LogP contribution in [0.3, 0.4) is 0 Å². The second-order valence-electron chi connectivity index (χ2n) is 4.43. The van der Waals surface area contributed by atoms with E-state index in [4.69, 9.17) is 4.74 Å². The molecule has 0 saturated heterocycles. The molecule has 102 valence electrons. The van der Waals surface area contributed by atoms with Crippen LogP contribution in [-0.2, 0) is 4.74 Å². The largest absolute Gasteiger partial charge is 0.383 e. The molecule has 0 aliphatic heterocycles. The van der Waals surface area contributed by atoms with E-state index in [1.807, 2.05) is 10.8 Å². The van der Waals surface area contributed by atoms with Crippen LogP contribution in [0.15, 0.2) is 29.0 Å². The third kappa shape index (κ3) is 3.16. The third-order valence-corrected chi connectivity index (χ3v) is 4.18. The summed E-state index contributed by atoms with van der Waals surface area (Å²) in [7, 11) is 1.69. The highest BCUT2D eigenvalue weighted by Crippen LogP contribution is 2.25. The summed E-state index contributed by atoms with van der Waals surface area (Å²) in [5, 5.41) is 3.26. The molecule has 4 nitrogen and oxygen atoms in total. The lowest BCUT2D eigenvalue weighted by atomic mass is 10.1. The number of hydrogen-bond acceptors (Lipinski definition) is 3. The van der Waals surface area contributed by atoms with Gasteiger partial charge in [0.25, 0.3) is 0 Å². The highest BCUT2D eigenvalue weighted by molar-refractivity contribution is 9.10. The first-order valence-electron chi connectivity index (χ1n) is 6.16. The molecule has 0 bridgehead atoms. The van der Waals surface area contributed by atoms with E-state index < -0.39 is 0 Å². The molecule has 0 aliphatic carbocycles. The van der Waals surface area contributed by atoms with Crippen molar-refractivity contribution >= 4 is 21.9 Å². The molecule has 2 aromatic rings. The Bertz CT molecular complexity index is 543. The number of aryl methyl sites for hydroxylation is 2. The zero-order valence-electron chi connectivity index (χ0n) is 11.4. The van der Waals surface area contributed by atoms with Gasteiger partial charge in [-0.1, -0.05) is 15.9 Å². The smallest absolute Gasteiger partial charge is 0.207 e. The number of imidazole rings is 1.